The van der Waals surface area contributed by atoms with E-state index < -0.39 is 5.97 Å². The first kappa shape index (κ1) is 7.84. The van der Waals surface area contributed by atoms with Gasteiger partial charge in [0, 0.05) is 5.75 Å². The van der Waals surface area contributed by atoms with Crippen molar-refractivity contribution in [1.82, 2.24) is 0 Å². The zero-order chi connectivity index (χ0) is 7.56. The zero-order valence-electron chi connectivity index (χ0n) is 5.50. The molecule has 0 spiro atoms. The zero-order valence-corrected chi connectivity index (χ0v) is 6.32. The average Bonchev–Trinajstić information content (AvgIpc) is 2.15. The summed E-state index contributed by atoms with van der Waals surface area (Å²) in [6.45, 7) is 0.869. The van der Waals surface area contributed by atoms with Crippen LogP contribution in [0.4, 0.5) is 0 Å². The van der Waals surface area contributed by atoms with Crippen LogP contribution in [0.3, 0.4) is 0 Å². The molecule has 4 nitrogen and oxygen atoms in total. The van der Waals surface area contributed by atoms with E-state index in [0.29, 0.717) is 0 Å². The number of nitrogens with one attached hydrogen (secondary N) is 1. The number of rotatable bonds is 2. The summed E-state index contributed by atoms with van der Waals surface area (Å²) in [5.41, 5.74) is 5.49. The van der Waals surface area contributed by atoms with Crippen molar-refractivity contribution in [2.45, 2.75) is 5.50 Å². The van der Waals surface area contributed by atoms with Gasteiger partial charge in [-0.15, -0.1) is 0 Å². The number of aliphatic carboxylic acids is 1. The number of carboxylic acids is 1. The topological polar surface area (TPSA) is 70.6 Å². The van der Waals surface area contributed by atoms with E-state index in [1.807, 2.05) is 0 Å². The van der Waals surface area contributed by atoms with E-state index in [-0.39, 0.29) is 12.0 Å². The Kier molecular flexibility index (Phi) is 2.53. The van der Waals surface area contributed by atoms with Crippen LogP contribution in [0.15, 0.2) is 0 Å². The molecule has 1 fully saturated rings. The minimum atomic E-state index is -1.02. The first-order chi connectivity index (χ1) is 4.70. The van der Waals surface area contributed by atoms with Crippen LogP contribution in [0, 0.1) is 0 Å². The van der Waals surface area contributed by atoms with Crippen LogP contribution >= 0.6 is 11.8 Å². The van der Waals surface area contributed by atoms with Gasteiger partial charge < -0.3 is 14.8 Å². The van der Waals surface area contributed by atoms with Crippen LogP contribution in [-0.2, 0) is 4.79 Å². The molecule has 1 heterocycles. The molecular formula is C5H10N2O2S. The third-order valence-corrected chi connectivity index (χ3v) is 2.63. The second kappa shape index (κ2) is 3.23. The third kappa shape index (κ3) is 1.86. The van der Waals surface area contributed by atoms with Gasteiger partial charge in [0.2, 0.25) is 0 Å². The van der Waals surface area contributed by atoms with Gasteiger partial charge in [-0.1, -0.05) is 11.8 Å². The van der Waals surface area contributed by atoms with Gasteiger partial charge >= 0.3 is 0 Å². The van der Waals surface area contributed by atoms with Crippen molar-refractivity contribution >= 4 is 17.7 Å². The van der Waals surface area contributed by atoms with Crippen LogP contribution in [0.25, 0.3) is 0 Å². The number of thioether (sulfide) groups is 1. The van der Waals surface area contributed by atoms with Crippen molar-refractivity contribution in [2.75, 3.05) is 18.8 Å². The molecule has 1 aliphatic rings. The molecule has 0 aromatic heterocycles. The Bertz CT molecular complexity index is 142. The molecule has 1 saturated heterocycles. The van der Waals surface area contributed by atoms with Crippen molar-refractivity contribution < 1.29 is 14.8 Å². The van der Waals surface area contributed by atoms with Crippen LogP contribution in [0.2, 0.25) is 0 Å². The largest absolute Gasteiger partial charge is 0.544 e. The summed E-state index contributed by atoms with van der Waals surface area (Å²) in [7, 11) is 0. The molecule has 10 heavy (non-hydrogen) atoms. The summed E-state index contributed by atoms with van der Waals surface area (Å²) in [5, 5.41) is 10.1. The third-order valence-electron chi connectivity index (χ3n) is 1.49. The molecule has 0 saturated carbocycles. The van der Waals surface area contributed by atoms with Gasteiger partial charge in [-0.05, 0) is 0 Å². The Morgan fingerprint density at radius 3 is 3.00 bits per heavy atom. The number of nitrogens with two attached hydrogens (primary N) is 1. The monoisotopic (exact) mass is 162 g/mol. The highest BCUT2D eigenvalue weighted by atomic mass is 32.2. The van der Waals surface area contributed by atoms with Gasteiger partial charge in [0.1, 0.15) is 6.54 Å². The van der Waals surface area contributed by atoms with Gasteiger partial charge in [-0.3, -0.25) is 5.73 Å². The quantitative estimate of drug-likeness (QED) is 0.444. The number of carbonyl (C=O) groups is 1. The molecule has 0 aromatic carbocycles. The summed E-state index contributed by atoms with van der Waals surface area (Å²) in [6, 6.07) is 0. The molecule has 2 unspecified atom stereocenters. The molecular weight excluding hydrogens is 152 g/mol. The lowest BCUT2D eigenvalue weighted by Gasteiger charge is -2.16. The smallest absolute Gasteiger partial charge is 0.187 e. The highest BCUT2D eigenvalue weighted by Crippen LogP contribution is 2.02. The van der Waals surface area contributed by atoms with E-state index >= 15 is 0 Å². The molecule has 0 aliphatic carbocycles. The summed E-state index contributed by atoms with van der Waals surface area (Å²) >= 11 is 1.60. The lowest BCUT2D eigenvalue weighted by atomic mass is 10.5. The Labute approximate surface area is 63.4 Å². The number of quaternary nitrogens is 1. The predicted octanol–water partition coefficient (Wildman–Crippen LogP) is -3.39. The van der Waals surface area contributed by atoms with E-state index in [2.05, 4.69) is 0 Å². The molecule has 5 heteroatoms. The van der Waals surface area contributed by atoms with Crippen molar-refractivity contribution in [3.05, 3.63) is 0 Å². The summed E-state index contributed by atoms with van der Waals surface area (Å²) in [5.74, 6) is -0.0722. The first-order valence-corrected chi connectivity index (χ1v) is 4.16. The highest BCUT2D eigenvalue weighted by molar-refractivity contribution is 7.99. The lowest BCUT2D eigenvalue weighted by molar-refractivity contribution is -0.897. The molecule has 0 bridgehead atoms. The minimum absolute atomic E-state index is 0.0359. The average molecular weight is 162 g/mol. The predicted molar refractivity (Wildman–Crippen MR) is 36.1 cm³/mol. The molecule has 1 aliphatic heterocycles. The molecule has 1 rings (SSSR count). The maximum Gasteiger partial charge on any atom is 0.187 e. The van der Waals surface area contributed by atoms with Gasteiger partial charge in [-0.2, -0.15) is 0 Å². The molecule has 0 aromatic rings. The fourth-order valence-electron chi connectivity index (χ4n) is 0.951. The van der Waals surface area contributed by atoms with E-state index in [1.165, 1.54) is 0 Å². The molecule has 0 radical (unpaired) electrons. The number of hydrogen-bond acceptors (Lipinski definition) is 4. The van der Waals surface area contributed by atoms with E-state index in [4.69, 9.17) is 5.73 Å². The standard InChI is InChI=1S/C5H10N2O2S/c6-5-7(1-2-10-5)3-4(8)9/h5H,1-3,6H2,(H,8,9). The Balaban J connectivity index is 2.33. The first-order valence-electron chi connectivity index (χ1n) is 3.12. The fraction of sp³-hybridized carbons (Fsp3) is 0.800. The van der Waals surface area contributed by atoms with E-state index in [0.717, 1.165) is 17.2 Å². The van der Waals surface area contributed by atoms with Gasteiger partial charge in [0.15, 0.2) is 5.50 Å². The van der Waals surface area contributed by atoms with Gasteiger partial charge in [0.05, 0.1) is 12.5 Å². The SMILES string of the molecule is NC1SCC[NH+]1CC(=O)[O-]. The number of carbonyl (C=O) groups excluding carboxylic acids is 1. The van der Waals surface area contributed by atoms with Crippen LogP contribution in [0.5, 0.6) is 0 Å². The highest BCUT2D eigenvalue weighted by Gasteiger charge is 2.24. The van der Waals surface area contributed by atoms with E-state index in [1.54, 1.807) is 11.8 Å². The summed E-state index contributed by atoms with van der Waals surface area (Å²) < 4.78 is 0. The Morgan fingerprint density at radius 1 is 1.90 bits per heavy atom. The van der Waals surface area contributed by atoms with Crippen molar-refractivity contribution in [3.8, 4) is 0 Å². The van der Waals surface area contributed by atoms with Crippen LogP contribution in [-0.4, -0.2) is 30.3 Å². The fourth-order valence-corrected chi connectivity index (χ4v) is 2.02. The Hall–Kier alpha value is -0.260. The summed E-state index contributed by atoms with van der Waals surface area (Å²) in [6.07, 6.45) is 0. The Morgan fingerprint density at radius 2 is 2.60 bits per heavy atom. The van der Waals surface area contributed by atoms with Crippen molar-refractivity contribution in [2.24, 2.45) is 5.73 Å². The van der Waals surface area contributed by atoms with Crippen molar-refractivity contribution in [1.29, 1.82) is 0 Å². The van der Waals surface area contributed by atoms with Crippen molar-refractivity contribution in [3.63, 3.8) is 0 Å². The van der Waals surface area contributed by atoms with Crippen LogP contribution in [0.1, 0.15) is 0 Å². The normalized spacial score (nSPS) is 32.5. The van der Waals surface area contributed by atoms with Gasteiger partial charge in [0.25, 0.3) is 0 Å². The van der Waals surface area contributed by atoms with Gasteiger partial charge in [-0.25, -0.2) is 0 Å². The lowest BCUT2D eigenvalue weighted by Crippen LogP contribution is -3.16. The maximum absolute atomic E-state index is 10.1. The van der Waals surface area contributed by atoms with Crippen LogP contribution < -0.4 is 15.7 Å². The number of hydrogen-bond donors (Lipinski definition) is 2. The molecule has 0 amide bonds. The molecule has 2 atom stereocenters. The molecule has 58 valence electrons. The number of carboxylic acid groups (broad SMARTS) is 1. The molecule has 3 N–H and O–H groups in total. The maximum atomic E-state index is 10.1. The minimum Gasteiger partial charge on any atom is -0.544 e. The second-order valence-electron chi connectivity index (χ2n) is 2.25. The van der Waals surface area contributed by atoms with E-state index in [9.17, 15) is 9.90 Å². The second-order valence-corrected chi connectivity index (χ2v) is 3.50. The summed E-state index contributed by atoms with van der Waals surface area (Å²) in [4.78, 5) is 11.0.